The first kappa shape index (κ1) is 10.0. The minimum Gasteiger partial charge on any atom is -0.399 e. The first-order chi connectivity index (χ1) is 5.41. The molecule has 0 bridgehead atoms. The molecule has 0 unspecified atom stereocenters. The first-order valence-electron chi connectivity index (χ1n) is 3.71. The van der Waals surface area contributed by atoms with Gasteiger partial charge in [0, 0.05) is 12.8 Å². The molecule has 0 aliphatic rings. The van der Waals surface area contributed by atoms with Gasteiger partial charge in [-0.2, -0.15) is 0 Å². The van der Waals surface area contributed by atoms with E-state index in [9.17, 15) is 0 Å². The monoisotopic (exact) mass is 152 g/mol. The number of nitrogens with zero attached hydrogens (tertiary/aromatic N) is 1. The molecule has 0 heterocycles. The third-order valence-electron chi connectivity index (χ3n) is 1.05. The number of rotatable bonds is 4. The molecule has 0 N–H and O–H groups in total. The molecule has 1 radical (unpaired) electrons. The lowest BCUT2D eigenvalue weighted by Gasteiger charge is -1.83. The van der Waals surface area contributed by atoms with Crippen molar-refractivity contribution in [2.24, 2.45) is 5.16 Å². The van der Waals surface area contributed by atoms with E-state index in [4.69, 9.17) is 0 Å². The van der Waals surface area contributed by atoms with E-state index in [0.717, 1.165) is 19.3 Å². The molecular weight excluding hydrogens is 138 g/mol. The zero-order chi connectivity index (χ0) is 8.36. The van der Waals surface area contributed by atoms with E-state index in [2.05, 4.69) is 28.8 Å². The molecule has 0 aromatic carbocycles. The van der Waals surface area contributed by atoms with Crippen molar-refractivity contribution in [3.05, 3.63) is 6.92 Å². The van der Waals surface area contributed by atoms with E-state index < -0.39 is 0 Å². The SMILES string of the molecule is [CH2]CCCC#CC/C=N\OC. The molecular formula is C9H14NO. The first-order valence-corrected chi connectivity index (χ1v) is 3.71. The van der Waals surface area contributed by atoms with Gasteiger partial charge in [0.15, 0.2) is 0 Å². The predicted octanol–water partition coefficient (Wildman–Crippen LogP) is 2.02. The van der Waals surface area contributed by atoms with Crippen LogP contribution in [-0.4, -0.2) is 13.3 Å². The van der Waals surface area contributed by atoms with Crippen LogP contribution in [-0.2, 0) is 4.84 Å². The van der Waals surface area contributed by atoms with Crippen molar-refractivity contribution in [2.75, 3.05) is 7.11 Å². The van der Waals surface area contributed by atoms with Crippen LogP contribution in [0.25, 0.3) is 0 Å². The quantitative estimate of drug-likeness (QED) is 0.261. The van der Waals surface area contributed by atoms with Gasteiger partial charge in [-0.25, -0.2) is 0 Å². The number of hydrogen-bond acceptors (Lipinski definition) is 2. The zero-order valence-corrected chi connectivity index (χ0v) is 6.97. The number of oxime groups is 1. The molecule has 0 aromatic heterocycles. The van der Waals surface area contributed by atoms with Crippen molar-refractivity contribution in [1.29, 1.82) is 0 Å². The molecule has 0 saturated carbocycles. The summed E-state index contributed by atoms with van der Waals surface area (Å²) in [4.78, 5) is 4.46. The third kappa shape index (κ3) is 9.03. The van der Waals surface area contributed by atoms with Gasteiger partial charge in [-0.05, 0) is 6.42 Å². The molecule has 0 rings (SSSR count). The summed E-state index contributed by atoms with van der Waals surface area (Å²) in [7, 11) is 1.52. The molecule has 2 nitrogen and oxygen atoms in total. The van der Waals surface area contributed by atoms with E-state index in [1.807, 2.05) is 0 Å². The van der Waals surface area contributed by atoms with E-state index in [1.54, 1.807) is 6.21 Å². The molecule has 2 heteroatoms. The Labute approximate surface area is 68.6 Å². The van der Waals surface area contributed by atoms with Gasteiger partial charge in [-0.15, -0.1) is 5.92 Å². The van der Waals surface area contributed by atoms with Crippen LogP contribution in [0.3, 0.4) is 0 Å². The van der Waals surface area contributed by atoms with Gasteiger partial charge in [0.05, 0.1) is 6.21 Å². The van der Waals surface area contributed by atoms with Crippen molar-refractivity contribution in [2.45, 2.75) is 25.7 Å². The van der Waals surface area contributed by atoms with Crippen LogP contribution in [0, 0.1) is 18.8 Å². The summed E-state index contributed by atoms with van der Waals surface area (Å²) in [5.41, 5.74) is 0. The summed E-state index contributed by atoms with van der Waals surface area (Å²) in [5.74, 6) is 5.96. The molecule has 0 aliphatic carbocycles. The summed E-state index contributed by atoms with van der Waals surface area (Å²) in [6, 6.07) is 0. The molecule has 0 aliphatic heterocycles. The third-order valence-corrected chi connectivity index (χ3v) is 1.05. The van der Waals surface area contributed by atoms with Crippen LogP contribution in [0.1, 0.15) is 25.7 Å². The highest BCUT2D eigenvalue weighted by Gasteiger charge is 1.75. The second-order valence-electron chi connectivity index (χ2n) is 1.99. The number of hydrogen-bond donors (Lipinski definition) is 0. The fraction of sp³-hybridized carbons (Fsp3) is 0.556. The largest absolute Gasteiger partial charge is 0.399 e. The van der Waals surface area contributed by atoms with Crippen molar-refractivity contribution < 1.29 is 4.84 Å². The van der Waals surface area contributed by atoms with Crippen LogP contribution in [0.4, 0.5) is 0 Å². The van der Waals surface area contributed by atoms with Crippen LogP contribution >= 0.6 is 0 Å². The molecule has 0 aromatic rings. The highest BCUT2D eigenvalue weighted by molar-refractivity contribution is 5.60. The molecule has 0 atom stereocenters. The van der Waals surface area contributed by atoms with Crippen LogP contribution < -0.4 is 0 Å². The average molecular weight is 152 g/mol. The molecule has 61 valence electrons. The van der Waals surface area contributed by atoms with E-state index in [-0.39, 0.29) is 0 Å². The molecule has 11 heavy (non-hydrogen) atoms. The lowest BCUT2D eigenvalue weighted by molar-refractivity contribution is 0.215. The van der Waals surface area contributed by atoms with Gasteiger partial charge in [0.2, 0.25) is 0 Å². The summed E-state index contributed by atoms with van der Waals surface area (Å²) in [6.07, 6.45) is 5.29. The van der Waals surface area contributed by atoms with Crippen LogP contribution in [0.5, 0.6) is 0 Å². The molecule has 0 spiro atoms. The number of unbranched alkanes of at least 4 members (excludes halogenated alkanes) is 2. The Kier molecular flexibility index (Phi) is 8.23. The smallest absolute Gasteiger partial charge is 0.106 e. The van der Waals surface area contributed by atoms with E-state index >= 15 is 0 Å². The van der Waals surface area contributed by atoms with Crippen molar-refractivity contribution in [3.63, 3.8) is 0 Å². The maximum absolute atomic E-state index is 4.46. The van der Waals surface area contributed by atoms with E-state index in [0.29, 0.717) is 6.42 Å². The lowest BCUT2D eigenvalue weighted by Crippen LogP contribution is -1.73. The van der Waals surface area contributed by atoms with Crippen LogP contribution in [0.15, 0.2) is 5.16 Å². The topological polar surface area (TPSA) is 21.6 Å². The van der Waals surface area contributed by atoms with Gasteiger partial charge >= 0.3 is 0 Å². The second kappa shape index (κ2) is 9.03. The van der Waals surface area contributed by atoms with Crippen molar-refractivity contribution in [3.8, 4) is 11.8 Å². The highest BCUT2D eigenvalue weighted by atomic mass is 16.6. The van der Waals surface area contributed by atoms with Gasteiger partial charge in [0.25, 0.3) is 0 Å². The Morgan fingerprint density at radius 2 is 2.36 bits per heavy atom. The molecule has 0 fully saturated rings. The standard InChI is InChI=1S/C9H14NO/c1-3-4-5-6-7-8-9-10-11-2/h9H,1,3-5,8H2,2H3/b10-9-. The second-order valence-corrected chi connectivity index (χ2v) is 1.99. The Morgan fingerprint density at radius 3 is 3.00 bits per heavy atom. The Hall–Kier alpha value is -0.970. The normalized spacial score (nSPS) is 9.27. The fourth-order valence-corrected chi connectivity index (χ4v) is 0.531. The zero-order valence-electron chi connectivity index (χ0n) is 6.97. The predicted molar refractivity (Wildman–Crippen MR) is 47.1 cm³/mol. The van der Waals surface area contributed by atoms with Crippen molar-refractivity contribution in [1.82, 2.24) is 0 Å². The maximum Gasteiger partial charge on any atom is 0.106 e. The Morgan fingerprint density at radius 1 is 1.55 bits per heavy atom. The van der Waals surface area contributed by atoms with Gasteiger partial charge in [-0.1, -0.05) is 24.4 Å². The summed E-state index contributed by atoms with van der Waals surface area (Å²) >= 11 is 0. The lowest BCUT2D eigenvalue weighted by atomic mass is 10.2. The Bertz CT molecular complexity index is 153. The molecule has 0 amide bonds. The van der Waals surface area contributed by atoms with Crippen molar-refractivity contribution >= 4 is 6.21 Å². The summed E-state index contributed by atoms with van der Waals surface area (Å²) in [5, 5.41) is 3.55. The average Bonchev–Trinajstić information content (AvgIpc) is 2.03. The van der Waals surface area contributed by atoms with Gasteiger partial charge in [-0.3, -0.25) is 0 Å². The maximum atomic E-state index is 4.46. The van der Waals surface area contributed by atoms with Gasteiger partial charge in [0.1, 0.15) is 7.11 Å². The fourth-order valence-electron chi connectivity index (χ4n) is 0.531. The Balaban J connectivity index is 3.18. The minimum absolute atomic E-state index is 0.672. The van der Waals surface area contributed by atoms with E-state index in [1.165, 1.54) is 7.11 Å². The minimum atomic E-state index is 0.672. The molecule has 0 saturated heterocycles. The van der Waals surface area contributed by atoms with Crippen LogP contribution in [0.2, 0.25) is 0 Å². The van der Waals surface area contributed by atoms with Gasteiger partial charge < -0.3 is 4.84 Å². The summed E-state index contributed by atoms with van der Waals surface area (Å²) < 4.78 is 0. The summed E-state index contributed by atoms with van der Waals surface area (Å²) in [6.45, 7) is 3.72. The highest BCUT2D eigenvalue weighted by Crippen LogP contribution is 1.89.